The van der Waals surface area contributed by atoms with Crippen LogP contribution in [0.3, 0.4) is 0 Å². The number of rotatable bonds is 5. The van der Waals surface area contributed by atoms with Crippen LogP contribution in [0.4, 0.5) is 0 Å². The summed E-state index contributed by atoms with van der Waals surface area (Å²) in [5.41, 5.74) is 6.88. The molecular formula is C21H25N3O4S. The van der Waals surface area contributed by atoms with E-state index < -0.39 is 24.0 Å². The van der Waals surface area contributed by atoms with Gasteiger partial charge >= 0.3 is 0 Å². The molecule has 3 rings (SSSR count). The SMILES string of the molecule is Cc1cccc(OC(C)C(=O)NNC(=O)C2CCCN2C(=O)c2cccs2)c1C. The molecule has 0 spiro atoms. The third-order valence-corrected chi connectivity index (χ3v) is 5.94. The molecule has 1 aliphatic heterocycles. The van der Waals surface area contributed by atoms with Crippen LogP contribution in [0.25, 0.3) is 0 Å². The van der Waals surface area contributed by atoms with Crippen molar-refractivity contribution < 1.29 is 19.1 Å². The van der Waals surface area contributed by atoms with E-state index in [0.717, 1.165) is 17.5 Å². The summed E-state index contributed by atoms with van der Waals surface area (Å²) in [6.45, 7) is 6.04. The Hall–Kier alpha value is -2.87. The molecular weight excluding hydrogens is 390 g/mol. The molecule has 1 fully saturated rings. The Labute approximate surface area is 174 Å². The topological polar surface area (TPSA) is 87.7 Å². The van der Waals surface area contributed by atoms with Crippen LogP contribution < -0.4 is 15.6 Å². The summed E-state index contributed by atoms with van der Waals surface area (Å²) in [6, 6.07) is 8.59. The Morgan fingerprint density at radius 1 is 1.17 bits per heavy atom. The second-order valence-corrected chi connectivity index (χ2v) is 8.02. The zero-order valence-electron chi connectivity index (χ0n) is 16.7. The predicted molar refractivity (Wildman–Crippen MR) is 111 cm³/mol. The molecule has 2 aromatic rings. The van der Waals surface area contributed by atoms with Crippen molar-refractivity contribution in [3.05, 3.63) is 51.7 Å². The largest absolute Gasteiger partial charge is 0.481 e. The molecule has 2 N–H and O–H groups in total. The third-order valence-electron chi connectivity index (χ3n) is 5.09. The van der Waals surface area contributed by atoms with Crippen LogP contribution in [-0.4, -0.2) is 41.3 Å². The van der Waals surface area contributed by atoms with E-state index in [9.17, 15) is 14.4 Å². The van der Waals surface area contributed by atoms with Crippen molar-refractivity contribution in [1.29, 1.82) is 0 Å². The van der Waals surface area contributed by atoms with Gasteiger partial charge in [0.1, 0.15) is 11.8 Å². The highest BCUT2D eigenvalue weighted by Crippen LogP contribution is 2.23. The maximum atomic E-state index is 12.6. The van der Waals surface area contributed by atoms with E-state index in [1.807, 2.05) is 31.4 Å². The van der Waals surface area contributed by atoms with Crippen LogP contribution in [0.1, 0.15) is 40.6 Å². The van der Waals surface area contributed by atoms with Gasteiger partial charge in [0, 0.05) is 6.54 Å². The van der Waals surface area contributed by atoms with Gasteiger partial charge in [-0.15, -0.1) is 11.3 Å². The van der Waals surface area contributed by atoms with E-state index >= 15 is 0 Å². The minimum absolute atomic E-state index is 0.157. The molecule has 0 radical (unpaired) electrons. The monoisotopic (exact) mass is 415 g/mol. The summed E-state index contributed by atoms with van der Waals surface area (Å²) in [4.78, 5) is 39.6. The molecule has 2 heterocycles. The lowest BCUT2D eigenvalue weighted by Gasteiger charge is -2.24. The first-order valence-electron chi connectivity index (χ1n) is 9.55. The molecule has 2 atom stereocenters. The highest BCUT2D eigenvalue weighted by atomic mass is 32.1. The first-order chi connectivity index (χ1) is 13.9. The first kappa shape index (κ1) is 20.9. The lowest BCUT2D eigenvalue weighted by molar-refractivity contribution is -0.134. The molecule has 0 saturated carbocycles. The highest BCUT2D eigenvalue weighted by Gasteiger charge is 2.35. The summed E-state index contributed by atoms with van der Waals surface area (Å²) in [6.07, 6.45) is 0.520. The van der Waals surface area contributed by atoms with Crippen LogP contribution in [0.15, 0.2) is 35.7 Å². The average molecular weight is 416 g/mol. The van der Waals surface area contributed by atoms with E-state index in [4.69, 9.17) is 4.74 Å². The van der Waals surface area contributed by atoms with Gasteiger partial charge in [0.25, 0.3) is 17.7 Å². The van der Waals surface area contributed by atoms with Crippen LogP contribution >= 0.6 is 11.3 Å². The Morgan fingerprint density at radius 3 is 2.69 bits per heavy atom. The summed E-state index contributed by atoms with van der Waals surface area (Å²) >= 11 is 1.35. The highest BCUT2D eigenvalue weighted by molar-refractivity contribution is 7.12. The fourth-order valence-corrected chi connectivity index (χ4v) is 3.91. The molecule has 1 aliphatic rings. The molecule has 7 nitrogen and oxygen atoms in total. The third kappa shape index (κ3) is 4.76. The van der Waals surface area contributed by atoms with Crippen molar-refractivity contribution >= 4 is 29.1 Å². The lowest BCUT2D eigenvalue weighted by Crippen LogP contribution is -2.53. The first-order valence-corrected chi connectivity index (χ1v) is 10.4. The van der Waals surface area contributed by atoms with Crippen molar-refractivity contribution in [3.8, 4) is 5.75 Å². The number of amides is 3. The Balaban J connectivity index is 1.54. The zero-order chi connectivity index (χ0) is 21.0. The minimum Gasteiger partial charge on any atom is -0.481 e. The number of aryl methyl sites for hydroxylation is 1. The van der Waals surface area contributed by atoms with Crippen LogP contribution in [0.5, 0.6) is 5.75 Å². The molecule has 0 aliphatic carbocycles. The van der Waals surface area contributed by atoms with Crippen LogP contribution in [-0.2, 0) is 9.59 Å². The van der Waals surface area contributed by atoms with Gasteiger partial charge in [0.2, 0.25) is 0 Å². The van der Waals surface area contributed by atoms with Gasteiger partial charge < -0.3 is 9.64 Å². The molecule has 8 heteroatoms. The summed E-state index contributed by atoms with van der Waals surface area (Å²) in [5, 5.41) is 1.83. The second-order valence-electron chi connectivity index (χ2n) is 7.07. The molecule has 1 aromatic carbocycles. The predicted octanol–water partition coefficient (Wildman–Crippen LogP) is 2.58. The summed E-state index contributed by atoms with van der Waals surface area (Å²) < 4.78 is 5.73. The van der Waals surface area contributed by atoms with E-state index in [1.165, 1.54) is 11.3 Å². The van der Waals surface area contributed by atoms with E-state index in [2.05, 4.69) is 10.9 Å². The molecule has 154 valence electrons. The van der Waals surface area contributed by atoms with Gasteiger partial charge in [-0.25, -0.2) is 0 Å². The molecule has 29 heavy (non-hydrogen) atoms. The summed E-state index contributed by atoms with van der Waals surface area (Å²) in [7, 11) is 0. The molecule has 3 amide bonds. The number of nitrogens with one attached hydrogen (secondary N) is 2. The average Bonchev–Trinajstić information content (AvgIpc) is 3.40. The number of nitrogens with zero attached hydrogens (tertiary/aromatic N) is 1. The van der Waals surface area contributed by atoms with Crippen LogP contribution in [0.2, 0.25) is 0 Å². The molecule has 0 bridgehead atoms. The van der Waals surface area contributed by atoms with Crippen molar-refractivity contribution in [3.63, 3.8) is 0 Å². The molecule has 1 aromatic heterocycles. The maximum absolute atomic E-state index is 12.6. The van der Waals surface area contributed by atoms with Gasteiger partial charge in [-0.05, 0) is 62.3 Å². The van der Waals surface area contributed by atoms with E-state index in [1.54, 1.807) is 30.0 Å². The Bertz CT molecular complexity index is 897. The lowest BCUT2D eigenvalue weighted by atomic mass is 10.1. The number of carbonyl (C=O) groups is 3. The number of hydrogen-bond acceptors (Lipinski definition) is 5. The quantitative estimate of drug-likeness (QED) is 0.735. The number of thiophene rings is 1. The number of hydrogen-bond donors (Lipinski definition) is 2. The van der Waals surface area contributed by atoms with Gasteiger partial charge in [0.05, 0.1) is 4.88 Å². The number of likely N-dealkylation sites (tertiary alicyclic amines) is 1. The zero-order valence-corrected chi connectivity index (χ0v) is 17.5. The van der Waals surface area contributed by atoms with Crippen molar-refractivity contribution in [2.24, 2.45) is 0 Å². The fraction of sp³-hybridized carbons (Fsp3) is 0.381. The minimum atomic E-state index is -0.789. The van der Waals surface area contributed by atoms with Gasteiger partial charge in [-0.1, -0.05) is 18.2 Å². The van der Waals surface area contributed by atoms with Gasteiger partial charge in [0.15, 0.2) is 6.10 Å². The number of carbonyl (C=O) groups excluding carboxylic acids is 3. The molecule has 2 unspecified atom stereocenters. The van der Waals surface area contributed by atoms with Crippen molar-refractivity contribution in [2.45, 2.75) is 45.8 Å². The number of benzene rings is 1. The van der Waals surface area contributed by atoms with E-state index in [-0.39, 0.29) is 5.91 Å². The Kier molecular flexibility index (Phi) is 6.53. The van der Waals surface area contributed by atoms with Gasteiger partial charge in [-0.3, -0.25) is 25.2 Å². The summed E-state index contributed by atoms with van der Waals surface area (Å²) in [5.74, 6) is -0.397. The molecule has 1 saturated heterocycles. The number of ether oxygens (including phenoxy) is 1. The fourth-order valence-electron chi connectivity index (χ4n) is 3.23. The maximum Gasteiger partial charge on any atom is 0.279 e. The smallest absolute Gasteiger partial charge is 0.279 e. The van der Waals surface area contributed by atoms with Crippen molar-refractivity contribution in [2.75, 3.05) is 6.54 Å². The van der Waals surface area contributed by atoms with E-state index in [0.29, 0.717) is 23.6 Å². The standard InChI is InChI=1S/C21H25N3O4S/c1-13-7-4-9-17(14(13)2)28-15(3)19(25)22-23-20(26)16-8-5-11-24(16)21(27)18-10-6-12-29-18/h4,6-7,9-10,12,15-16H,5,8,11H2,1-3H3,(H,22,25)(H,23,26). The second kappa shape index (κ2) is 9.09. The number of hydrazine groups is 1. The normalized spacial score (nSPS) is 16.9. The van der Waals surface area contributed by atoms with Crippen molar-refractivity contribution in [1.82, 2.24) is 15.8 Å². The Morgan fingerprint density at radius 2 is 1.97 bits per heavy atom. The van der Waals surface area contributed by atoms with Crippen LogP contribution in [0, 0.1) is 13.8 Å². The van der Waals surface area contributed by atoms with Gasteiger partial charge in [-0.2, -0.15) is 0 Å².